The number of benzene rings is 3. The summed E-state index contributed by atoms with van der Waals surface area (Å²) in [5.74, 6) is 0. The molecule has 2 bridgehead atoms. The molecule has 0 radical (unpaired) electrons. The summed E-state index contributed by atoms with van der Waals surface area (Å²) in [6, 6.07) is 32.0. The first-order valence-corrected chi connectivity index (χ1v) is 11.2. The molecule has 0 spiro atoms. The van der Waals surface area contributed by atoms with Crippen LogP contribution in [0.3, 0.4) is 0 Å². The maximum absolute atomic E-state index is 16.9. The van der Waals surface area contributed by atoms with Gasteiger partial charge in [0.2, 0.25) is 0 Å². The van der Waals surface area contributed by atoms with Gasteiger partial charge in [0, 0.05) is 5.41 Å². The first-order chi connectivity index (χ1) is 14.4. The maximum atomic E-state index is 16.9. The summed E-state index contributed by atoms with van der Waals surface area (Å²) in [5, 5.41) is 0. The van der Waals surface area contributed by atoms with Gasteiger partial charge in [-0.3, -0.25) is 0 Å². The van der Waals surface area contributed by atoms with Crippen LogP contribution in [-0.4, -0.2) is 5.67 Å². The van der Waals surface area contributed by atoms with Crippen molar-refractivity contribution in [3.8, 4) is 0 Å². The highest BCUT2D eigenvalue weighted by molar-refractivity contribution is 5.40. The molecule has 0 nitrogen and oxygen atoms in total. The SMILES string of the molecule is CC1(c2ccccc2)CC2(F)CC(C)(c3ccccc3)CC(c3ccccc3)(C2)C1. The van der Waals surface area contributed by atoms with E-state index >= 15 is 4.39 Å². The summed E-state index contributed by atoms with van der Waals surface area (Å²) in [6.45, 7) is 4.58. The molecule has 3 aromatic carbocycles. The molecule has 0 saturated heterocycles. The summed E-state index contributed by atoms with van der Waals surface area (Å²) < 4.78 is 16.9. The van der Waals surface area contributed by atoms with Crippen molar-refractivity contribution in [2.75, 3.05) is 0 Å². The highest BCUT2D eigenvalue weighted by atomic mass is 19.1. The molecule has 1 heteroatoms. The zero-order chi connectivity index (χ0) is 20.9. The number of fused-ring (bicyclic) bond motifs is 2. The lowest BCUT2D eigenvalue weighted by atomic mass is 9.44. The predicted molar refractivity (Wildman–Crippen MR) is 123 cm³/mol. The highest BCUT2D eigenvalue weighted by Gasteiger charge is 2.61. The van der Waals surface area contributed by atoms with E-state index in [1.165, 1.54) is 16.7 Å². The topological polar surface area (TPSA) is 0 Å². The third-order valence-corrected chi connectivity index (χ3v) is 7.85. The minimum absolute atomic E-state index is 0.165. The second-order valence-corrected chi connectivity index (χ2v) is 10.5. The lowest BCUT2D eigenvalue weighted by Gasteiger charge is -2.60. The second-order valence-electron chi connectivity index (χ2n) is 10.5. The molecule has 0 N–H and O–H groups in total. The Morgan fingerprint density at radius 1 is 0.500 bits per heavy atom. The van der Waals surface area contributed by atoms with Crippen LogP contribution in [-0.2, 0) is 16.2 Å². The molecule has 154 valence electrons. The van der Waals surface area contributed by atoms with E-state index in [1.54, 1.807) is 0 Å². The van der Waals surface area contributed by atoms with Gasteiger partial charge >= 0.3 is 0 Å². The van der Waals surface area contributed by atoms with Crippen LogP contribution in [0.2, 0.25) is 0 Å². The fraction of sp³-hybridized carbons (Fsp3) is 0.379. The Morgan fingerprint density at radius 3 is 1.27 bits per heavy atom. The average molecular weight is 399 g/mol. The molecule has 30 heavy (non-hydrogen) atoms. The van der Waals surface area contributed by atoms with Gasteiger partial charge in [-0.2, -0.15) is 0 Å². The van der Waals surface area contributed by atoms with E-state index in [0.717, 1.165) is 12.8 Å². The van der Waals surface area contributed by atoms with Gasteiger partial charge < -0.3 is 0 Å². The summed E-state index contributed by atoms with van der Waals surface area (Å²) in [7, 11) is 0. The van der Waals surface area contributed by atoms with Crippen molar-refractivity contribution in [2.24, 2.45) is 0 Å². The number of alkyl halides is 1. The van der Waals surface area contributed by atoms with Gasteiger partial charge in [-0.25, -0.2) is 4.39 Å². The van der Waals surface area contributed by atoms with Gasteiger partial charge in [-0.1, -0.05) is 105 Å². The number of halogens is 1. The molecule has 0 heterocycles. The van der Waals surface area contributed by atoms with Crippen molar-refractivity contribution < 1.29 is 4.39 Å². The van der Waals surface area contributed by atoms with E-state index in [-0.39, 0.29) is 16.2 Å². The summed E-state index contributed by atoms with van der Waals surface area (Å²) in [6.07, 6.45) is 3.81. The Labute approximate surface area is 180 Å². The maximum Gasteiger partial charge on any atom is 0.113 e. The third kappa shape index (κ3) is 3.20. The Morgan fingerprint density at radius 2 is 0.867 bits per heavy atom. The van der Waals surface area contributed by atoms with Gasteiger partial charge in [0.05, 0.1) is 0 Å². The van der Waals surface area contributed by atoms with Crippen molar-refractivity contribution >= 4 is 0 Å². The molecule has 0 aliphatic heterocycles. The molecule has 5 rings (SSSR count). The molecule has 2 atom stereocenters. The Kier molecular flexibility index (Phi) is 4.43. The number of rotatable bonds is 3. The van der Waals surface area contributed by atoms with Crippen molar-refractivity contribution in [1.82, 2.24) is 0 Å². The molecule has 2 saturated carbocycles. The van der Waals surface area contributed by atoms with E-state index in [4.69, 9.17) is 0 Å². The lowest BCUT2D eigenvalue weighted by molar-refractivity contribution is -0.0554. The van der Waals surface area contributed by atoms with Crippen LogP contribution in [0.5, 0.6) is 0 Å². The average Bonchev–Trinajstić information content (AvgIpc) is 2.74. The Bertz CT molecular complexity index is 947. The third-order valence-electron chi connectivity index (χ3n) is 7.85. The molecule has 2 aliphatic rings. The molecule has 0 amide bonds. The highest BCUT2D eigenvalue weighted by Crippen LogP contribution is 2.64. The van der Waals surface area contributed by atoms with Gasteiger partial charge in [-0.05, 0) is 59.6 Å². The summed E-state index contributed by atoms with van der Waals surface area (Å²) in [4.78, 5) is 0. The van der Waals surface area contributed by atoms with Gasteiger partial charge in [0.25, 0.3) is 0 Å². The zero-order valence-corrected chi connectivity index (χ0v) is 18.1. The largest absolute Gasteiger partial charge is 0.244 e. The van der Waals surface area contributed by atoms with E-state index in [9.17, 15) is 0 Å². The minimum Gasteiger partial charge on any atom is -0.244 e. The Hall–Kier alpha value is -2.41. The van der Waals surface area contributed by atoms with Crippen LogP contribution in [0.15, 0.2) is 91.0 Å². The first kappa shape index (κ1) is 19.5. The monoisotopic (exact) mass is 398 g/mol. The van der Waals surface area contributed by atoms with Gasteiger partial charge in [0.1, 0.15) is 5.67 Å². The lowest BCUT2D eigenvalue weighted by Crippen LogP contribution is -2.58. The van der Waals surface area contributed by atoms with Crippen LogP contribution in [0.1, 0.15) is 62.6 Å². The minimum atomic E-state index is -1.18. The van der Waals surface area contributed by atoms with Gasteiger partial charge in [0.15, 0.2) is 0 Å². The molecule has 2 aliphatic carbocycles. The van der Waals surface area contributed by atoms with E-state index < -0.39 is 5.67 Å². The smallest absolute Gasteiger partial charge is 0.113 e. The van der Waals surface area contributed by atoms with Crippen LogP contribution in [0, 0.1) is 0 Å². The summed E-state index contributed by atoms with van der Waals surface area (Å²) in [5.41, 5.74) is 2.18. The van der Waals surface area contributed by atoms with Crippen LogP contribution >= 0.6 is 0 Å². The van der Waals surface area contributed by atoms with E-state index in [2.05, 4.69) is 105 Å². The van der Waals surface area contributed by atoms with Crippen LogP contribution in [0.4, 0.5) is 4.39 Å². The van der Waals surface area contributed by atoms with Crippen molar-refractivity contribution in [3.63, 3.8) is 0 Å². The van der Waals surface area contributed by atoms with E-state index in [1.807, 2.05) is 0 Å². The van der Waals surface area contributed by atoms with Crippen LogP contribution < -0.4 is 0 Å². The molecular weight excluding hydrogens is 367 g/mol. The van der Waals surface area contributed by atoms with Crippen LogP contribution in [0.25, 0.3) is 0 Å². The fourth-order valence-corrected chi connectivity index (χ4v) is 7.19. The zero-order valence-electron chi connectivity index (χ0n) is 18.1. The fourth-order valence-electron chi connectivity index (χ4n) is 7.19. The Balaban J connectivity index is 1.66. The molecule has 0 aromatic heterocycles. The number of hydrogen-bond donors (Lipinski definition) is 0. The molecule has 2 fully saturated rings. The first-order valence-electron chi connectivity index (χ1n) is 11.2. The molecular formula is C29H31F. The molecule has 2 unspecified atom stereocenters. The molecule has 3 aromatic rings. The van der Waals surface area contributed by atoms with Crippen molar-refractivity contribution in [3.05, 3.63) is 108 Å². The normalized spacial score (nSPS) is 35.7. The quantitative estimate of drug-likeness (QED) is 0.428. The summed E-state index contributed by atoms with van der Waals surface area (Å²) >= 11 is 0. The van der Waals surface area contributed by atoms with Gasteiger partial charge in [-0.15, -0.1) is 0 Å². The van der Waals surface area contributed by atoms with Crippen molar-refractivity contribution in [1.29, 1.82) is 0 Å². The van der Waals surface area contributed by atoms with E-state index in [0.29, 0.717) is 19.3 Å². The second kappa shape index (κ2) is 6.80. The predicted octanol–water partition coefficient (Wildman–Crippen LogP) is 7.53. The number of hydrogen-bond acceptors (Lipinski definition) is 0. The van der Waals surface area contributed by atoms with Crippen molar-refractivity contribution in [2.45, 2.75) is 67.9 Å². The standard InChI is InChI=1S/C29H31F/c1-26(23-12-6-3-7-13-23)18-28(25-16-10-5-11-17-25)19-27(2,21-29(30,20-26)22-28)24-14-8-4-9-15-24/h3-17H,18-22H2,1-2H3.